The Morgan fingerprint density at radius 1 is 1.10 bits per heavy atom. The van der Waals surface area contributed by atoms with Crippen LogP contribution in [0, 0.1) is 11.3 Å². The van der Waals surface area contributed by atoms with Crippen molar-refractivity contribution in [3.8, 4) is 0 Å². The van der Waals surface area contributed by atoms with E-state index in [9.17, 15) is 9.59 Å². The molecular weight excluding hydrogens is 390 g/mol. The zero-order valence-corrected chi connectivity index (χ0v) is 17.8. The first-order chi connectivity index (χ1) is 14.9. The lowest BCUT2D eigenvalue weighted by Crippen LogP contribution is -2.37. The molecule has 3 heterocycles. The number of benzene rings is 1. The van der Waals surface area contributed by atoms with Crippen molar-refractivity contribution in [1.82, 2.24) is 19.3 Å². The predicted octanol–water partition coefficient (Wildman–Crippen LogP) is 3.12. The third-order valence-electron chi connectivity index (χ3n) is 5.35. The summed E-state index contributed by atoms with van der Waals surface area (Å²) in [6, 6.07) is 16.2. The van der Waals surface area contributed by atoms with Gasteiger partial charge in [-0.05, 0) is 36.6 Å². The lowest BCUT2D eigenvalue weighted by molar-refractivity contribution is 0.0946. The van der Waals surface area contributed by atoms with E-state index in [1.54, 1.807) is 22.9 Å². The Kier molecular flexibility index (Phi) is 5.42. The second-order valence-corrected chi connectivity index (χ2v) is 8.05. The third kappa shape index (κ3) is 3.74. The van der Waals surface area contributed by atoms with Gasteiger partial charge >= 0.3 is 0 Å². The summed E-state index contributed by atoms with van der Waals surface area (Å²) in [7, 11) is 0. The van der Waals surface area contributed by atoms with Gasteiger partial charge < -0.3 is 9.88 Å². The molecule has 0 spiro atoms. The first-order valence-electron chi connectivity index (χ1n) is 10.3. The van der Waals surface area contributed by atoms with E-state index in [0.717, 1.165) is 5.56 Å². The number of nitrogens with zero attached hydrogens (tertiary/aromatic N) is 3. The number of carbonyl (C=O) groups excluding carboxylic acids is 1. The monoisotopic (exact) mass is 415 g/mol. The van der Waals surface area contributed by atoms with Crippen molar-refractivity contribution in [3.63, 3.8) is 0 Å². The number of carbonyl (C=O) groups is 1. The largest absolute Gasteiger partial charge is 0.352 e. The van der Waals surface area contributed by atoms with Gasteiger partial charge in [-0.3, -0.25) is 19.4 Å². The summed E-state index contributed by atoms with van der Waals surface area (Å²) in [4.78, 5) is 30.9. The lowest BCUT2D eigenvalue weighted by atomic mass is 10.1. The quantitative estimate of drug-likeness (QED) is 0.491. The molecule has 0 aliphatic heterocycles. The topological polar surface area (TPSA) is 92.2 Å². The molecule has 7 heteroatoms. The summed E-state index contributed by atoms with van der Waals surface area (Å²) < 4.78 is 3.13. The molecule has 4 rings (SSSR count). The number of rotatable bonds is 5. The number of aromatic nitrogens is 3. The molecule has 3 aromatic heterocycles. The molecule has 0 bridgehead atoms. The van der Waals surface area contributed by atoms with Crippen LogP contribution in [0.2, 0.25) is 0 Å². The molecule has 0 fully saturated rings. The van der Waals surface area contributed by atoms with E-state index in [1.165, 1.54) is 10.5 Å². The van der Waals surface area contributed by atoms with Crippen molar-refractivity contribution in [3.05, 3.63) is 87.8 Å². The highest BCUT2D eigenvalue weighted by molar-refractivity contribution is 5.96. The van der Waals surface area contributed by atoms with Gasteiger partial charge in [0.05, 0.1) is 17.0 Å². The van der Waals surface area contributed by atoms with Gasteiger partial charge in [-0.1, -0.05) is 50.2 Å². The Balaban J connectivity index is 2.04. The van der Waals surface area contributed by atoms with Crippen LogP contribution in [0.25, 0.3) is 16.7 Å². The molecule has 0 radical (unpaired) electrons. The minimum atomic E-state index is -0.368. The second-order valence-electron chi connectivity index (χ2n) is 8.05. The van der Waals surface area contributed by atoms with E-state index >= 15 is 0 Å². The Bertz CT molecular complexity index is 1390. The van der Waals surface area contributed by atoms with Crippen LogP contribution >= 0.6 is 0 Å². The molecule has 4 aromatic rings. The van der Waals surface area contributed by atoms with E-state index in [1.807, 2.05) is 57.2 Å². The highest BCUT2D eigenvalue weighted by Gasteiger charge is 2.21. The minimum Gasteiger partial charge on any atom is -0.352 e. The summed E-state index contributed by atoms with van der Waals surface area (Å²) in [5.41, 5.74) is 1.75. The average Bonchev–Trinajstić information content (AvgIpc) is 2.77. The molecular formula is C24H25N5O2. The molecule has 1 atom stereocenters. The van der Waals surface area contributed by atoms with Gasteiger partial charge in [0.2, 0.25) is 0 Å². The zero-order valence-electron chi connectivity index (χ0n) is 17.8. The first kappa shape index (κ1) is 20.5. The van der Waals surface area contributed by atoms with Gasteiger partial charge in [0, 0.05) is 12.7 Å². The van der Waals surface area contributed by atoms with Crippen LogP contribution < -0.4 is 16.4 Å². The number of hydrogen-bond acceptors (Lipinski definition) is 4. The molecule has 1 aromatic carbocycles. The van der Waals surface area contributed by atoms with Crippen LogP contribution in [-0.2, 0) is 0 Å². The number of nitrogens with one attached hydrogen (secondary N) is 2. The molecule has 158 valence electrons. The van der Waals surface area contributed by atoms with Crippen molar-refractivity contribution in [2.75, 3.05) is 6.54 Å². The van der Waals surface area contributed by atoms with E-state index < -0.39 is 0 Å². The molecule has 7 nitrogen and oxygen atoms in total. The molecule has 31 heavy (non-hydrogen) atoms. The molecule has 2 N–H and O–H groups in total. The van der Waals surface area contributed by atoms with Gasteiger partial charge in [-0.15, -0.1) is 0 Å². The van der Waals surface area contributed by atoms with Gasteiger partial charge in [0.25, 0.3) is 11.5 Å². The average molecular weight is 415 g/mol. The van der Waals surface area contributed by atoms with Crippen LogP contribution in [0.5, 0.6) is 0 Å². The zero-order chi connectivity index (χ0) is 22.1. The normalized spacial score (nSPS) is 12.4. The maximum absolute atomic E-state index is 13.3. The Morgan fingerprint density at radius 3 is 2.52 bits per heavy atom. The number of pyridine rings is 2. The van der Waals surface area contributed by atoms with Crippen molar-refractivity contribution < 1.29 is 4.79 Å². The number of amides is 1. The summed E-state index contributed by atoms with van der Waals surface area (Å²) in [6.45, 7) is 6.43. The molecule has 1 unspecified atom stereocenters. The molecule has 1 amide bonds. The van der Waals surface area contributed by atoms with Crippen LogP contribution in [0.3, 0.4) is 0 Å². The van der Waals surface area contributed by atoms with Crippen molar-refractivity contribution in [2.45, 2.75) is 26.8 Å². The standard InChI is InChI=1S/C24H25N5O2/c1-15(2)14-26-23(30)18-13-19-22(27-20-11-7-8-12-28(20)24(19)31)29(21(18)25)16(3)17-9-5-4-6-10-17/h4-13,15-16,25H,14H2,1-3H3,(H,26,30). The SMILES string of the molecule is CC(C)CNC(=O)c1cc2c(=O)n3ccccc3nc2n(C(C)c2ccccc2)c1=N. The molecule has 0 aliphatic carbocycles. The Hall–Kier alpha value is -3.74. The lowest BCUT2D eigenvalue weighted by Gasteiger charge is -2.21. The number of fused-ring (bicyclic) bond motifs is 2. The fraction of sp³-hybridized carbons (Fsp3) is 0.250. The first-order valence-corrected chi connectivity index (χ1v) is 10.3. The van der Waals surface area contributed by atoms with Gasteiger partial charge in [-0.25, -0.2) is 4.98 Å². The van der Waals surface area contributed by atoms with E-state index in [4.69, 9.17) is 10.4 Å². The Labute approximate surface area is 179 Å². The van der Waals surface area contributed by atoms with Crippen LogP contribution in [-0.4, -0.2) is 26.4 Å². The van der Waals surface area contributed by atoms with Crippen LogP contribution in [0.1, 0.15) is 42.7 Å². The minimum absolute atomic E-state index is 0.0253. The van der Waals surface area contributed by atoms with E-state index in [2.05, 4.69) is 5.32 Å². The van der Waals surface area contributed by atoms with Gasteiger partial charge in [0.15, 0.2) is 0 Å². The van der Waals surface area contributed by atoms with Gasteiger partial charge in [0.1, 0.15) is 16.8 Å². The molecule has 0 saturated heterocycles. The Morgan fingerprint density at radius 2 is 1.81 bits per heavy atom. The predicted molar refractivity (Wildman–Crippen MR) is 120 cm³/mol. The fourth-order valence-electron chi connectivity index (χ4n) is 3.67. The van der Waals surface area contributed by atoms with E-state index in [-0.39, 0.29) is 34.5 Å². The number of hydrogen-bond donors (Lipinski definition) is 2. The van der Waals surface area contributed by atoms with Crippen molar-refractivity contribution in [1.29, 1.82) is 5.41 Å². The summed E-state index contributed by atoms with van der Waals surface area (Å²) in [5, 5.41) is 12.0. The highest BCUT2D eigenvalue weighted by atomic mass is 16.1. The van der Waals surface area contributed by atoms with Crippen LogP contribution in [0.4, 0.5) is 0 Å². The highest BCUT2D eigenvalue weighted by Crippen LogP contribution is 2.20. The smallest absolute Gasteiger partial charge is 0.267 e. The van der Waals surface area contributed by atoms with Crippen molar-refractivity contribution in [2.24, 2.45) is 5.92 Å². The maximum Gasteiger partial charge on any atom is 0.267 e. The summed E-state index contributed by atoms with van der Waals surface area (Å²) in [5.74, 6) is -0.0997. The second kappa shape index (κ2) is 8.18. The molecule has 0 aliphatic rings. The summed E-state index contributed by atoms with van der Waals surface area (Å²) in [6.07, 6.45) is 1.65. The summed E-state index contributed by atoms with van der Waals surface area (Å²) >= 11 is 0. The maximum atomic E-state index is 13.3. The third-order valence-corrected chi connectivity index (χ3v) is 5.35. The van der Waals surface area contributed by atoms with Crippen molar-refractivity contribution >= 4 is 22.6 Å². The van der Waals surface area contributed by atoms with Gasteiger partial charge in [-0.2, -0.15) is 0 Å². The fourth-order valence-corrected chi connectivity index (χ4v) is 3.67. The van der Waals surface area contributed by atoms with Crippen LogP contribution in [0.15, 0.2) is 65.6 Å². The molecule has 0 saturated carbocycles. The van der Waals surface area contributed by atoms with E-state index in [0.29, 0.717) is 23.2 Å².